The predicted molar refractivity (Wildman–Crippen MR) is 112 cm³/mol. The van der Waals surface area contributed by atoms with E-state index in [1.54, 1.807) is 42.5 Å². The average molecular weight is 431 g/mol. The van der Waals surface area contributed by atoms with Crippen molar-refractivity contribution >= 4 is 52.1 Å². The third-order valence-corrected chi connectivity index (χ3v) is 5.30. The lowest BCUT2D eigenvalue weighted by Gasteiger charge is -2.14. The Hall–Kier alpha value is -3.11. The molecule has 10 heteroatoms. The van der Waals surface area contributed by atoms with Gasteiger partial charge in [0.1, 0.15) is 15.8 Å². The predicted octanol–water partition coefficient (Wildman–Crippen LogP) is 2.34. The van der Waals surface area contributed by atoms with E-state index in [2.05, 4.69) is 10.9 Å². The molecule has 2 heterocycles. The second-order valence-electron chi connectivity index (χ2n) is 5.80. The standard InChI is InChI=1S/C19H17N3O5S2/c1-26-14-7-3-2-6-13(14)17(24)21-20-16(23)8-9-22-18(25)15(29-19(22)28)11-12-5-4-10-27-12/h2-7,10-11H,8-9H2,1H3,(H,20,23)(H,21,24)/b15-11+. The van der Waals surface area contributed by atoms with Gasteiger partial charge < -0.3 is 9.15 Å². The Labute approximate surface area is 176 Å². The molecule has 8 nitrogen and oxygen atoms in total. The second kappa shape index (κ2) is 9.39. The lowest BCUT2D eigenvalue weighted by atomic mass is 10.2. The smallest absolute Gasteiger partial charge is 0.273 e. The maximum atomic E-state index is 12.5. The lowest BCUT2D eigenvalue weighted by Crippen LogP contribution is -2.43. The summed E-state index contributed by atoms with van der Waals surface area (Å²) >= 11 is 6.37. The van der Waals surface area contributed by atoms with Gasteiger partial charge in [0.2, 0.25) is 5.91 Å². The normalized spacial score (nSPS) is 14.9. The number of hydrazine groups is 1. The van der Waals surface area contributed by atoms with Gasteiger partial charge in [-0.15, -0.1) is 0 Å². The van der Waals surface area contributed by atoms with Gasteiger partial charge in [0.05, 0.1) is 23.8 Å². The van der Waals surface area contributed by atoms with Gasteiger partial charge in [-0.3, -0.25) is 30.1 Å². The van der Waals surface area contributed by atoms with Crippen molar-refractivity contribution in [2.75, 3.05) is 13.7 Å². The number of hydrogen-bond acceptors (Lipinski definition) is 7. The molecule has 2 N–H and O–H groups in total. The Morgan fingerprint density at radius 1 is 1.24 bits per heavy atom. The highest BCUT2D eigenvalue weighted by molar-refractivity contribution is 8.26. The number of para-hydroxylation sites is 1. The molecular formula is C19H17N3O5S2. The second-order valence-corrected chi connectivity index (χ2v) is 7.48. The van der Waals surface area contributed by atoms with Crippen LogP contribution in [0.5, 0.6) is 5.75 Å². The number of thioether (sulfide) groups is 1. The summed E-state index contributed by atoms with van der Waals surface area (Å²) in [6, 6.07) is 10.1. The molecule has 2 aromatic rings. The summed E-state index contributed by atoms with van der Waals surface area (Å²) < 4.78 is 10.7. The first-order valence-electron chi connectivity index (χ1n) is 8.50. The van der Waals surface area contributed by atoms with Crippen molar-refractivity contribution in [3.8, 4) is 5.75 Å². The van der Waals surface area contributed by atoms with Crippen LogP contribution in [0, 0.1) is 0 Å². The van der Waals surface area contributed by atoms with E-state index in [1.807, 2.05) is 0 Å². The summed E-state index contributed by atoms with van der Waals surface area (Å²) in [6.45, 7) is 0.0938. The molecule has 0 bridgehead atoms. The molecule has 150 valence electrons. The van der Waals surface area contributed by atoms with Crippen LogP contribution in [0.1, 0.15) is 22.5 Å². The zero-order valence-electron chi connectivity index (χ0n) is 15.3. The molecule has 0 atom stereocenters. The monoisotopic (exact) mass is 431 g/mol. The molecule has 1 aromatic heterocycles. The summed E-state index contributed by atoms with van der Waals surface area (Å²) in [5, 5.41) is 0. The van der Waals surface area contributed by atoms with Crippen LogP contribution >= 0.6 is 24.0 Å². The number of benzene rings is 1. The van der Waals surface area contributed by atoms with Crippen LogP contribution in [0.3, 0.4) is 0 Å². The average Bonchev–Trinajstić information content (AvgIpc) is 3.33. The van der Waals surface area contributed by atoms with Crippen LogP contribution in [-0.4, -0.2) is 40.6 Å². The number of carbonyl (C=O) groups excluding carboxylic acids is 3. The number of carbonyl (C=O) groups is 3. The topological polar surface area (TPSA) is 101 Å². The third kappa shape index (κ3) is 5.04. The molecule has 1 aliphatic heterocycles. The summed E-state index contributed by atoms with van der Waals surface area (Å²) in [5.74, 6) is -0.329. The van der Waals surface area contributed by atoms with E-state index in [0.29, 0.717) is 20.7 Å². The van der Waals surface area contributed by atoms with Crippen LogP contribution in [0.25, 0.3) is 6.08 Å². The van der Waals surface area contributed by atoms with Crippen molar-refractivity contribution < 1.29 is 23.5 Å². The Kier molecular flexibility index (Phi) is 6.68. The van der Waals surface area contributed by atoms with Crippen LogP contribution in [-0.2, 0) is 9.59 Å². The molecule has 0 unspecified atom stereocenters. The number of amides is 3. The minimum absolute atomic E-state index is 0.0350. The maximum Gasteiger partial charge on any atom is 0.273 e. The van der Waals surface area contributed by atoms with E-state index in [-0.39, 0.29) is 24.4 Å². The van der Waals surface area contributed by atoms with Crippen molar-refractivity contribution in [3.63, 3.8) is 0 Å². The molecule has 0 radical (unpaired) electrons. The maximum absolute atomic E-state index is 12.5. The fourth-order valence-electron chi connectivity index (χ4n) is 2.50. The zero-order chi connectivity index (χ0) is 20.8. The van der Waals surface area contributed by atoms with Crippen LogP contribution in [0.4, 0.5) is 0 Å². The van der Waals surface area contributed by atoms with Gasteiger partial charge in [-0.1, -0.05) is 36.1 Å². The minimum Gasteiger partial charge on any atom is -0.496 e. The molecule has 3 amide bonds. The quantitative estimate of drug-likeness (QED) is 0.411. The lowest BCUT2D eigenvalue weighted by molar-refractivity contribution is -0.124. The van der Waals surface area contributed by atoms with Gasteiger partial charge in [-0.05, 0) is 24.3 Å². The fourth-order valence-corrected chi connectivity index (χ4v) is 3.79. The number of ether oxygens (including phenoxy) is 1. The third-order valence-electron chi connectivity index (χ3n) is 3.92. The first kappa shape index (κ1) is 20.6. The molecule has 29 heavy (non-hydrogen) atoms. The van der Waals surface area contributed by atoms with E-state index in [0.717, 1.165) is 11.8 Å². The Bertz CT molecular complexity index is 972. The molecule has 1 saturated heterocycles. The van der Waals surface area contributed by atoms with Gasteiger partial charge >= 0.3 is 0 Å². The van der Waals surface area contributed by atoms with Crippen molar-refractivity contribution in [3.05, 3.63) is 58.9 Å². The molecular weight excluding hydrogens is 414 g/mol. The number of thiocarbonyl (C=S) groups is 1. The Morgan fingerprint density at radius 3 is 2.76 bits per heavy atom. The highest BCUT2D eigenvalue weighted by Crippen LogP contribution is 2.32. The summed E-state index contributed by atoms with van der Waals surface area (Å²) in [4.78, 5) is 38.5. The van der Waals surface area contributed by atoms with Gasteiger partial charge in [0.25, 0.3) is 11.8 Å². The van der Waals surface area contributed by atoms with E-state index in [4.69, 9.17) is 21.4 Å². The van der Waals surface area contributed by atoms with Gasteiger partial charge in [0.15, 0.2) is 0 Å². The minimum atomic E-state index is -0.511. The number of nitrogens with zero attached hydrogens (tertiary/aromatic N) is 1. The molecule has 1 fully saturated rings. The van der Waals surface area contributed by atoms with E-state index in [9.17, 15) is 14.4 Å². The molecule has 0 aliphatic carbocycles. The van der Waals surface area contributed by atoms with Crippen LogP contribution in [0.15, 0.2) is 52.0 Å². The Balaban J connectivity index is 1.51. The van der Waals surface area contributed by atoms with Crippen molar-refractivity contribution in [2.45, 2.75) is 6.42 Å². The first-order valence-corrected chi connectivity index (χ1v) is 9.73. The summed E-state index contributed by atoms with van der Waals surface area (Å²) in [5.41, 5.74) is 4.94. The SMILES string of the molecule is COc1ccccc1C(=O)NNC(=O)CCN1C(=O)/C(=C\c2ccco2)SC1=S. The largest absolute Gasteiger partial charge is 0.496 e. The number of hydrogen-bond donors (Lipinski definition) is 2. The number of furan rings is 1. The van der Waals surface area contributed by atoms with E-state index >= 15 is 0 Å². The van der Waals surface area contributed by atoms with Crippen molar-refractivity contribution in [1.82, 2.24) is 15.8 Å². The van der Waals surface area contributed by atoms with Crippen molar-refractivity contribution in [2.24, 2.45) is 0 Å². The van der Waals surface area contributed by atoms with Crippen molar-refractivity contribution in [1.29, 1.82) is 0 Å². The molecule has 1 aromatic carbocycles. The zero-order valence-corrected chi connectivity index (χ0v) is 17.0. The van der Waals surface area contributed by atoms with Gasteiger partial charge in [0, 0.05) is 19.0 Å². The number of nitrogens with one attached hydrogen (secondary N) is 2. The van der Waals surface area contributed by atoms with Crippen LogP contribution in [0.2, 0.25) is 0 Å². The van der Waals surface area contributed by atoms with E-state index < -0.39 is 11.8 Å². The van der Waals surface area contributed by atoms with E-state index in [1.165, 1.54) is 18.3 Å². The summed E-state index contributed by atoms with van der Waals surface area (Å²) in [6.07, 6.45) is 3.08. The molecule has 0 spiro atoms. The fraction of sp³-hybridized carbons (Fsp3) is 0.158. The van der Waals surface area contributed by atoms with Gasteiger partial charge in [-0.2, -0.15) is 0 Å². The van der Waals surface area contributed by atoms with Crippen LogP contribution < -0.4 is 15.6 Å². The highest BCUT2D eigenvalue weighted by Gasteiger charge is 2.32. The summed E-state index contributed by atoms with van der Waals surface area (Å²) in [7, 11) is 1.45. The highest BCUT2D eigenvalue weighted by atomic mass is 32.2. The molecule has 3 rings (SSSR count). The Morgan fingerprint density at radius 2 is 2.03 bits per heavy atom. The van der Waals surface area contributed by atoms with Gasteiger partial charge in [-0.25, -0.2) is 0 Å². The molecule has 0 saturated carbocycles. The molecule has 1 aliphatic rings. The number of methoxy groups -OCH3 is 1. The number of rotatable bonds is 6. The first-order chi connectivity index (χ1) is 14.0.